The van der Waals surface area contributed by atoms with Crippen LogP contribution in [0.5, 0.6) is 0 Å². The average molecular weight is 596 g/mol. The van der Waals surface area contributed by atoms with E-state index < -0.39 is 0 Å². The van der Waals surface area contributed by atoms with E-state index >= 15 is 0 Å². The fraction of sp³-hybridized carbons (Fsp3) is 0.938. The Morgan fingerprint density at radius 2 is 1.30 bits per heavy atom. The number of hydrogen-bond donors (Lipinski definition) is 0. The molecule has 1 nitrogen and oxygen atoms in total. The van der Waals surface area contributed by atoms with Crippen LogP contribution in [0.2, 0.25) is 0 Å². The second-order valence-electron chi connectivity index (χ2n) is 6.58. The summed E-state index contributed by atoms with van der Waals surface area (Å²) < 4.78 is 0. The van der Waals surface area contributed by atoms with Crippen LogP contribution >= 0.6 is 39.5 Å². The summed E-state index contributed by atoms with van der Waals surface area (Å²) in [7, 11) is 0.770. The van der Waals surface area contributed by atoms with Crippen molar-refractivity contribution in [3.05, 3.63) is 13.2 Å². The van der Waals surface area contributed by atoms with Gasteiger partial charge in [-0.15, -0.1) is 6.04 Å². The van der Waals surface area contributed by atoms with Crippen LogP contribution in [-0.2, 0) is 10.1 Å². The molecular weight excluding hydrogens is 563 g/mol. The summed E-state index contributed by atoms with van der Waals surface area (Å²) in [5.74, 6) is 4.80. The fourth-order valence-corrected chi connectivity index (χ4v) is 3.45. The molecule has 1 aliphatic rings. The summed E-state index contributed by atoms with van der Waals surface area (Å²) in [4.78, 5) is 0. The van der Waals surface area contributed by atoms with Crippen molar-refractivity contribution in [2.24, 2.45) is 35.5 Å². The van der Waals surface area contributed by atoms with Crippen LogP contribution in [0.3, 0.4) is 0 Å². The molecule has 1 N–H and O–H groups in total. The quantitative estimate of drug-likeness (QED) is 0.186. The van der Waals surface area contributed by atoms with Crippen LogP contribution < -0.4 is 0 Å². The van der Waals surface area contributed by atoms with Crippen molar-refractivity contribution in [2.45, 2.75) is 60.4 Å². The zero-order chi connectivity index (χ0) is 15.2. The van der Waals surface area contributed by atoms with Crippen molar-refractivity contribution in [1.29, 1.82) is 0 Å². The SMILES string of the molecule is CC(C)C([NH-])CCC1C(C)C(C)C(C)C1C.[CH3-].[I][Rh][I]. The molecule has 0 radical (unpaired) electrons. The molecule has 127 valence electrons. The van der Waals surface area contributed by atoms with E-state index in [2.05, 4.69) is 81.0 Å². The van der Waals surface area contributed by atoms with E-state index in [4.69, 9.17) is 5.73 Å². The van der Waals surface area contributed by atoms with Crippen molar-refractivity contribution >= 4 is 39.5 Å². The standard InChI is InChI=1S/C15H30N.CH3.2HI.Rh/c1-9(2)15(16)8-7-14-12(5)10(3)11(4)13(14)6;;;;/h9-16H,7-8H2,1-6H3;1H3;2*1H;/q2*-1;;;+2/p-2. The van der Waals surface area contributed by atoms with Gasteiger partial charge in [-0.1, -0.05) is 60.3 Å². The van der Waals surface area contributed by atoms with Crippen molar-refractivity contribution in [3.8, 4) is 0 Å². The van der Waals surface area contributed by atoms with Crippen LogP contribution in [0.1, 0.15) is 54.4 Å². The van der Waals surface area contributed by atoms with E-state index in [1.807, 2.05) is 0 Å². The Bertz CT molecular complexity index is 225. The first kappa shape index (κ1) is 24.3. The Morgan fingerprint density at radius 3 is 1.60 bits per heavy atom. The molecule has 4 heteroatoms. The molecule has 0 amide bonds. The van der Waals surface area contributed by atoms with Gasteiger partial charge < -0.3 is 13.2 Å². The Balaban J connectivity index is 0. The van der Waals surface area contributed by atoms with Gasteiger partial charge in [-0.2, -0.15) is 0 Å². The summed E-state index contributed by atoms with van der Waals surface area (Å²) in [6.45, 7) is 14.0. The molecule has 5 unspecified atom stereocenters. The van der Waals surface area contributed by atoms with Gasteiger partial charge >= 0.3 is 49.6 Å². The van der Waals surface area contributed by atoms with Gasteiger partial charge in [0.15, 0.2) is 0 Å². The number of rotatable bonds is 4. The van der Waals surface area contributed by atoms with Crippen LogP contribution in [0.15, 0.2) is 0 Å². The van der Waals surface area contributed by atoms with Gasteiger partial charge in [0.1, 0.15) is 0 Å². The zero-order valence-electron chi connectivity index (χ0n) is 14.0. The normalized spacial score (nSPS) is 34.4. The molecule has 1 aliphatic carbocycles. The molecule has 0 heterocycles. The first-order chi connectivity index (χ1) is 8.77. The minimum atomic E-state index is 0. The summed E-state index contributed by atoms with van der Waals surface area (Å²) in [5, 5.41) is 0. The van der Waals surface area contributed by atoms with E-state index in [9.17, 15) is 0 Å². The average Bonchev–Trinajstić information content (AvgIpc) is 2.53. The molecule has 0 bridgehead atoms. The summed E-state index contributed by atoms with van der Waals surface area (Å²) in [6, 6.07) is 0.144. The monoisotopic (exact) mass is 596 g/mol. The van der Waals surface area contributed by atoms with Gasteiger partial charge in [-0.05, 0) is 29.6 Å². The Kier molecular flexibility index (Phi) is 15.1. The van der Waals surface area contributed by atoms with Gasteiger partial charge in [-0.25, -0.2) is 0 Å². The molecule has 1 fully saturated rings. The van der Waals surface area contributed by atoms with Crippen LogP contribution in [-0.4, -0.2) is 6.04 Å². The predicted molar refractivity (Wildman–Crippen MR) is 107 cm³/mol. The number of halogens is 2. The number of nitrogens with one attached hydrogen (secondary N) is 1. The molecule has 5 atom stereocenters. The third kappa shape index (κ3) is 7.54. The van der Waals surface area contributed by atoms with E-state index in [0.717, 1.165) is 46.1 Å². The van der Waals surface area contributed by atoms with E-state index in [0.29, 0.717) is 5.92 Å². The van der Waals surface area contributed by atoms with Gasteiger partial charge in [-0.3, -0.25) is 0 Å². The maximum atomic E-state index is 8.02. The predicted octanol–water partition coefficient (Wildman–Crippen LogP) is 7.24. The van der Waals surface area contributed by atoms with E-state index in [-0.39, 0.29) is 13.5 Å². The third-order valence-electron chi connectivity index (χ3n) is 5.45. The van der Waals surface area contributed by atoms with Crippen molar-refractivity contribution in [2.75, 3.05) is 0 Å². The molecular formula is C16H33I2NRh-2. The molecule has 0 aromatic carbocycles. The first-order valence-corrected chi connectivity index (χ1v) is 17.1. The molecule has 0 aromatic rings. The fourth-order valence-electron chi connectivity index (χ4n) is 3.45. The van der Waals surface area contributed by atoms with Crippen LogP contribution in [0.25, 0.3) is 5.73 Å². The molecule has 0 aromatic heterocycles. The Hall–Kier alpha value is 2.04. The molecule has 0 spiro atoms. The van der Waals surface area contributed by atoms with E-state index in [1.165, 1.54) is 6.42 Å². The molecule has 20 heavy (non-hydrogen) atoms. The summed E-state index contributed by atoms with van der Waals surface area (Å²) >= 11 is 4.69. The summed E-state index contributed by atoms with van der Waals surface area (Å²) in [6.07, 6.45) is 2.36. The van der Waals surface area contributed by atoms with Gasteiger partial charge in [0, 0.05) is 0 Å². The van der Waals surface area contributed by atoms with Crippen LogP contribution in [0, 0.1) is 42.9 Å². The summed E-state index contributed by atoms with van der Waals surface area (Å²) in [5.41, 5.74) is 8.02. The minimum absolute atomic E-state index is 0. The first-order valence-electron chi connectivity index (χ1n) is 7.32. The Labute approximate surface area is 157 Å². The second kappa shape index (κ2) is 12.5. The third-order valence-corrected chi connectivity index (χ3v) is 5.45. The molecule has 1 rings (SSSR count). The zero-order valence-corrected chi connectivity index (χ0v) is 20.0. The number of hydrogen-bond acceptors (Lipinski definition) is 0. The molecule has 0 aliphatic heterocycles. The second-order valence-corrected chi connectivity index (χ2v) is 19.2. The van der Waals surface area contributed by atoms with Crippen molar-refractivity contribution < 1.29 is 10.1 Å². The van der Waals surface area contributed by atoms with Crippen LogP contribution in [0.4, 0.5) is 0 Å². The maximum absolute atomic E-state index is 8.02. The molecule has 1 saturated carbocycles. The molecule has 0 saturated heterocycles. The van der Waals surface area contributed by atoms with Crippen molar-refractivity contribution in [3.63, 3.8) is 0 Å². The Morgan fingerprint density at radius 1 is 0.950 bits per heavy atom. The van der Waals surface area contributed by atoms with Crippen molar-refractivity contribution in [1.82, 2.24) is 0 Å². The van der Waals surface area contributed by atoms with E-state index in [1.54, 1.807) is 0 Å². The van der Waals surface area contributed by atoms with Gasteiger partial charge in [0.25, 0.3) is 0 Å². The topological polar surface area (TPSA) is 23.8 Å². The van der Waals surface area contributed by atoms with Gasteiger partial charge in [0.2, 0.25) is 0 Å². The van der Waals surface area contributed by atoms with Gasteiger partial charge in [0.05, 0.1) is 0 Å².